The van der Waals surface area contributed by atoms with Gasteiger partial charge in [0, 0.05) is 29.0 Å². The Labute approximate surface area is 197 Å². The third-order valence-corrected chi connectivity index (χ3v) is 6.33. The van der Waals surface area contributed by atoms with E-state index in [0.717, 1.165) is 0 Å². The average molecular weight is 472 g/mol. The van der Waals surface area contributed by atoms with Crippen LogP contribution in [0.5, 0.6) is 5.75 Å². The molecule has 0 aliphatic carbocycles. The molecular weight excluding hydrogens is 456 g/mol. The predicted octanol–water partition coefficient (Wildman–Crippen LogP) is 4.32. The van der Waals surface area contributed by atoms with Crippen molar-refractivity contribution in [1.29, 1.82) is 5.26 Å². The molecule has 0 atom stereocenters. The van der Waals surface area contributed by atoms with Crippen molar-refractivity contribution in [3.63, 3.8) is 0 Å². The Kier molecular flexibility index (Phi) is 5.71. The predicted molar refractivity (Wildman–Crippen MR) is 125 cm³/mol. The monoisotopic (exact) mass is 472 g/mol. The maximum atomic E-state index is 13.4. The van der Waals surface area contributed by atoms with Crippen LogP contribution in [0.4, 0.5) is 5.69 Å². The molecule has 0 spiro atoms. The molecule has 5 rings (SSSR count). The number of nitriles is 1. The molecule has 1 aliphatic heterocycles. The first-order valence-corrected chi connectivity index (χ1v) is 11.2. The summed E-state index contributed by atoms with van der Waals surface area (Å²) in [5.41, 5.74) is 2.50. The number of nitro groups is 1. The van der Waals surface area contributed by atoms with E-state index in [-0.39, 0.29) is 30.4 Å². The normalized spacial score (nSPS) is 12.6. The van der Waals surface area contributed by atoms with E-state index in [1.54, 1.807) is 48.5 Å². The first kappa shape index (κ1) is 21.6. The van der Waals surface area contributed by atoms with Crippen molar-refractivity contribution in [2.45, 2.75) is 17.5 Å². The highest BCUT2D eigenvalue weighted by Crippen LogP contribution is 2.36. The van der Waals surface area contributed by atoms with E-state index >= 15 is 0 Å². The van der Waals surface area contributed by atoms with Gasteiger partial charge in [-0.15, -0.1) is 0 Å². The molecule has 4 aromatic rings. The molecule has 1 aromatic heterocycles. The van der Waals surface area contributed by atoms with Gasteiger partial charge in [-0.2, -0.15) is 5.26 Å². The summed E-state index contributed by atoms with van der Waals surface area (Å²) in [6.07, 6.45) is 0. The van der Waals surface area contributed by atoms with E-state index in [4.69, 9.17) is 19.7 Å². The maximum absolute atomic E-state index is 13.4. The molecule has 0 unspecified atom stereocenters. The zero-order valence-corrected chi connectivity index (χ0v) is 18.4. The van der Waals surface area contributed by atoms with Crippen LogP contribution in [0.2, 0.25) is 0 Å². The SMILES string of the molecule is N#Cc1ccc(-n2c(SCc3cc([N+](=O)[O-])cc4c3OCOC4)nc3ccccc3c2=O)cc1. The van der Waals surface area contributed by atoms with Gasteiger partial charge in [0.05, 0.1) is 39.8 Å². The second-order valence-corrected chi connectivity index (χ2v) is 8.40. The molecule has 168 valence electrons. The molecule has 3 aromatic carbocycles. The lowest BCUT2D eigenvalue weighted by molar-refractivity contribution is -0.385. The van der Waals surface area contributed by atoms with Gasteiger partial charge in [0.25, 0.3) is 11.2 Å². The number of aromatic nitrogens is 2. The first-order chi connectivity index (χ1) is 16.5. The number of nitro benzene ring substituents is 1. The number of thioether (sulfide) groups is 1. The second kappa shape index (κ2) is 8.97. The van der Waals surface area contributed by atoms with Gasteiger partial charge in [0.2, 0.25) is 0 Å². The van der Waals surface area contributed by atoms with Crippen LogP contribution in [0.1, 0.15) is 16.7 Å². The maximum Gasteiger partial charge on any atom is 0.270 e. The number of non-ortho nitro benzene ring substituents is 1. The molecule has 0 bridgehead atoms. The Balaban J connectivity index is 1.61. The van der Waals surface area contributed by atoms with Crippen molar-refractivity contribution in [3.05, 3.63) is 97.8 Å². The molecule has 0 radical (unpaired) electrons. The molecule has 0 amide bonds. The molecule has 2 heterocycles. The lowest BCUT2D eigenvalue weighted by Gasteiger charge is -2.20. The van der Waals surface area contributed by atoms with E-state index in [2.05, 4.69) is 6.07 Å². The van der Waals surface area contributed by atoms with Gasteiger partial charge in [-0.25, -0.2) is 4.98 Å². The summed E-state index contributed by atoms with van der Waals surface area (Å²) in [5.74, 6) is 0.836. The quantitative estimate of drug-likeness (QED) is 0.182. The van der Waals surface area contributed by atoms with Crippen molar-refractivity contribution >= 4 is 28.4 Å². The smallest absolute Gasteiger partial charge is 0.270 e. The summed E-state index contributed by atoms with van der Waals surface area (Å²) >= 11 is 1.27. The van der Waals surface area contributed by atoms with Crippen LogP contribution in [-0.4, -0.2) is 21.3 Å². The molecule has 9 nitrogen and oxygen atoms in total. The van der Waals surface area contributed by atoms with Gasteiger partial charge >= 0.3 is 0 Å². The first-order valence-electron chi connectivity index (χ1n) is 10.2. The minimum absolute atomic E-state index is 0.0561. The van der Waals surface area contributed by atoms with Gasteiger partial charge in [-0.05, 0) is 36.4 Å². The van der Waals surface area contributed by atoms with Crippen LogP contribution < -0.4 is 10.3 Å². The van der Waals surface area contributed by atoms with Crippen LogP contribution in [0.25, 0.3) is 16.6 Å². The minimum Gasteiger partial charge on any atom is -0.467 e. The molecule has 0 N–H and O–H groups in total. The van der Waals surface area contributed by atoms with Gasteiger partial charge in [-0.3, -0.25) is 19.5 Å². The number of hydrogen-bond donors (Lipinski definition) is 0. The van der Waals surface area contributed by atoms with Crippen molar-refractivity contribution in [2.75, 3.05) is 6.79 Å². The highest BCUT2D eigenvalue weighted by molar-refractivity contribution is 7.98. The van der Waals surface area contributed by atoms with Crippen molar-refractivity contribution in [3.8, 4) is 17.5 Å². The minimum atomic E-state index is -0.454. The van der Waals surface area contributed by atoms with Gasteiger partial charge in [-0.1, -0.05) is 23.9 Å². The third-order valence-electron chi connectivity index (χ3n) is 5.34. The molecule has 0 saturated heterocycles. The third kappa shape index (κ3) is 3.98. The number of ether oxygens (including phenoxy) is 2. The van der Waals surface area contributed by atoms with E-state index in [0.29, 0.717) is 44.2 Å². The summed E-state index contributed by atoms with van der Waals surface area (Å²) in [7, 11) is 0. The van der Waals surface area contributed by atoms with E-state index in [1.807, 2.05) is 0 Å². The highest BCUT2D eigenvalue weighted by Gasteiger charge is 2.22. The Hall–Kier alpha value is -4.20. The Morgan fingerprint density at radius 1 is 1.18 bits per heavy atom. The molecule has 10 heteroatoms. The van der Waals surface area contributed by atoms with Crippen LogP contribution in [0.15, 0.2) is 70.6 Å². The van der Waals surface area contributed by atoms with Crippen molar-refractivity contribution in [2.24, 2.45) is 0 Å². The Morgan fingerprint density at radius 2 is 1.97 bits per heavy atom. The molecule has 0 fully saturated rings. The number of rotatable bonds is 5. The fourth-order valence-corrected chi connectivity index (χ4v) is 4.74. The van der Waals surface area contributed by atoms with Gasteiger partial charge < -0.3 is 9.47 Å². The molecular formula is C24H16N4O5S. The Morgan fingerprint density at radius 3 is 2.74 bits per heavy atom. The van der Waals surface area contributed by atoms with Gasteiger partial charge in [0.1, 0.15) is 5.75 Å². The van der Waals surface area contributed by atoms with Crippen LogP contribution in [0.3, 0.4) is 0 Å². The standard InChI is InChI=1S/C24H16N4O5S/c25-11-15-5-7-18(8-6-15)27-23(29)20-3-1-2-4-21(20)26-24(27)34-13-17-10-19(28(30)31)9-16-12-32-14-33-22(16)17/h1-10H,12-14H2. The van der Waals surface area contributed by atoms with Crippen molar-refractivity contribution in [1.82, 2.24) is 9.55 Å². The van der Waals surface area contributed by atoms with Crippen molar-refractivity contribution < 1.29 is 14.4 Å². The average Bonchev–Trinajstić information content (AvgIpc) is 2.87. The highest BCUT2D eigenvalue weighted by atomic mass is 32.2. The fourth-order valence-electron chi connectivity index (χ4n) is 3.76. The fraction of sp³-hybridized carbons (Fsp3) is 0.125. The molecule has 0 saturated carbocycles. The summed E-state index contributed by atoms with van der Waals surface area (Å²) in [6, 6.07) is 18.7. The zero-order chi connectivity index (χ0) is 23.7. The van der Waals surface area contributed by atoms with E-state index < -0.39 is 4.92 Å². The number of para-hydroxylation sites is 1. The zero-order valence-electron chi connectivity index (χ0n) is 17.6. The number of fused-ring (bicyclic) bond motifs is 2. The van der Waals surface area contributed by atoms with Crippen LogP contribution in [0, 0.1) is 21.4 Å². The lowest BCUT2D eigenvalue weighted by Crippen LogP contribution is -2.21. The second-order valence-electron chi connectivity index (χ2n) is 7.46. The van der Waals surface area contributed by atoms with E-state index in [9.17, 15) is 14.9 Å². The van der Waals surface area contributed by atoms with E-state index in [1.165, 1.54) is 28.5 Å². The summed E-state index contributed by atoms with van der Waals surface area (Å²) in [5, 5.41) is 21.4. The summed E-state index contributed by atoms with van der Waals surface area (Å²) in [6.45, 7) is 0.283. The molecule has 1 aliphatic rings. The van der Waals surface area contributed by atoms with Gasteiger partial charge in [0.15, 0.2) is 11.9 Å². The topological polar surface area (TPSA) is 120 Å². The number of hydrogen-bond acceptors (Lipinski definition) is 8. The largest absolute Gasteiger partial charge is 0.467 e. The number of nitrogens with zero attached hydrogens (tertiary/aromatic N) is 4. The summed E-state index contributed by atoms with van der Waals surface area (Å²) in [4.78, 5) is 29.1. The summed E-state index contributed by atoms with van der Waals surface area (Å²) < 4.78 is 12.4. The lowest BCUT2D eigenvalue weighted by atomic mass is 10.1. The molecule has 34 heavy (non-hydrogen) atoms. The Bertz CT molecular complexity index is 1530. The van der Waals surface area contributed by atoms with Crippen LogP contribution in [-0.2, 0) is 17.1 Å². The van der Waals surface area contributed by atoms with Crippen LogP contribution >= 0.6 is 11.8 Å². The number of benzene rings is 3.